The van der Waals surface area contributed by atoms with Crippen LogP contribution in [0.1, 0.15) is 26.7 Å². The molecule has 1 heterocycles. The maximum atomic E-state index is 11.9. The first kappa shape index (κ1) is 11.8. The minimum absolute atomic E-state index is 0.00356. The molecular weight excluding hydrogens is 192 g/mol. The van der Waals surface area contributed by atoms with Crippen molar-refractivity contribution in [2.24, 2.45) is 0 Å². The molecule has 1 N–H and O–H groups in total. The van der Waals surface area contributed by atoms with Gasteiger partial charge in [0.1, 0.15) is 12.1 Å². The quantitative estimate of drug-likeness (QED) is 0.694. The molecule has 0 saturated carbocycles. The Morgan fingerprint density at radius 1 is 1.40 bits per heavy atom. The lowest BCUT2D eigenvalue weighted by Crippen LogP contribution is -2.62. The van der Waals surface area contributed by atoms with Gasteiger partial charge in [-0.25, -0.2) is 0 Å². The van der Waals surface area contributed by atoms with Gasteiger partial charge in [0.15, 0.2) is 0 Å². The van der Waals surface area contributed by atoms with Crippen LogP contribution >= 0.6 is 0 Å². The zero-order valence-electron chi connectivity index (χ0n) is 9.32. The highest BCUT2D eigenvalue weighted by Crippen LogP contribution is 2.14. The Morgan fingerprint density at radius 3 is 2.53 bits per heavy atom. The second-order valence-electron chi connectivity index (χ2n) is 3.67. The number of rotatable bonds is 4. The minimum Gasteiger partial charge on any atom is -0.343 e. The van der Waals surface area contributed by atoms with Crippen LogP contribution in [0.15, 0.2) is 12.7 Å². The molecule has 0 spiro atoms. The molecular formula is C11H18N2O2. The number of carbonyl (C=O) groups excluding carboxylic acids is 2. The van der Waals surface area contributed by atoms with Crippen LogP contribution in [0.3, 0.4) is 0 Å². The fourth-order valence-corrected chi connectivity index (χ4v) is 1.86. The van der Waals surface area contributed by atoms with E-state index in [0.717, 1.165) is 0 Å². The van der Waals surface area contributed by atoms with Crippen LogP contribution in [0.2, 0.25) is 0 Å². The first-order chi connectivity index (χ1) is 7.15. The average molecular weight is 210 g/mol. The van der Waals surface area contributed by atoms with Crippen LogP contribution in [0.5, 0.6) is 0 Å². The van der Waals surface area contributed by atoms with Crippen molar-refractivity contribution in [3.05, 3.63) is 12.7 Å². The van der Waals surface area contributed by atoms with E-state index in [4.69, 9.17) is 0 Å². The summed E-state index contributed by atoms with van der Waals surface area (Å²) in [4.78, 5) is 25.2. The van der Waals surface area contributed by atoms with Gasteiger partial charge in [-0.2, -0.15) is 0 Å². The van der Waals surface area contributed by atoms with Crippen molar-refractivity contribution in [3.63, 3.8) is 0 Å². The van der Waals surface area contributed by atoms with E-state index in [1.165, 1.54) is 0 Å². The summed E-state index contributed by atoms with van der Waals surface area (Å²) in [5.41, 5.74) is 0. The molecule has 1 aliphatic rings. The highest BCUT2D eigenvalue weighted by molar-refractivity contribution is 5.96. The number of carbonyl (C=O) groups is 2. The molecule has 0 bridgehead atoms. The highest BCUT2D eigenvalue weighted by Gasteiger charge is 2.37. The second kappa shape index (κ2) is 4.96. The van der Waals surface area contributed by atoms with Gasteiger partial charge in [-0.05, 0) is 12.8 Å². The standard InChI is InChI=1S/C11H18N2O2/c1-4-7-13-9(6-3)10(14)12-8(5-2)11(13)15/h4,8-9H,1,5-7H2,2-3H3,(H,12,14). The third-order valence-electron chi connectivity index (χ3n) is 2.70. The van der Waals surface area contributed by atoms with Crippen LogP contribution in [0.4, 0.5) is 0 Å². The largest absolute Gasteiger partial charge is 0.343 e. The Morgan fingerprint density at radius 2 is 2.07 bits per heavy atom. The summed E-state index contributed by atoms with van der Waals surface area (Å²) < 4.78 is 0. The molecule has 1 aliphatic heterocycles. The van der Waals surface area contributed by atoms with E-state index in [9.17, 15) is 9.59 Å². The summed E-state index contributed by atoms with van der Waals surface area (Å²) in [5, 5.41) is 2.74. The van der Waals surface area contributed by atoms with Gasteiger partial charge < -0.3 is 10.2 Å². The molecule has 1 rings (SSSR count). The number of hydrogen-bond donors (Lipinski definition) is 1. The summed E-state index contributed by atoms with van der Waals surface area (Å²) in [7, 11) is 0. The molecule has 15 heavy (non-hydrogen) atoms. The Balaban J connectivity index is 2.87. The molecule has 0 aromatic rings. The minimum atomic E-state index is -0.361. The van der Waals surface area contributed by atoms with E-state index >= 15 is 0 Å². The van der Waals surface area contributed by atoms with E-state index in [1.807, 2.05) is 13.8 Å². The number of nitrogens with one attached hydrogen (secondary N) is 1. The highest BCUT2D eigenvalue weighted by atomic mass is 16.2. The first-order valence-corrected chi connectivity index (χ1v) is 5.37. The van der Waals surface area contributed by atoms with Crippen molar-refractivity contribution in [3.8, 4) is 0 Å². The van der Waals surface area contributed by atoms with Gasteiger partial charge in [-0.1, -0.05) is 19.9 Å². The van der Waals surface area contributed by atoms with Gasteiger partial charge in [0.25, 0.3) is 0 Å². The Labute approximate surface area is 90.3 Å². The van der Waals surface area contributed by atoms with Crippen LogP contribution in [-0.2, 0) is 9.59 Å². The van der Waals surface area contributed by atoms with Crippen molar-refractivity contribution in [2.75, 3.05) is 6.54 Å². The van der Waals surface area contributed by atoms with Crippen LogP contribution in [-0.4, -0.2) is 35.3 Å². The van der Waals surface area contributed by atoms with Gasteiger partial charge in [0.2, 0.25) is 11.8 Å². The fraction of sp³-hybridized carbons (Fsp3) is 0.636. The van der Waals surface area contributed by atoms with Gasteiger partial charge in [-0.15, -0.1) is 6.58 Å². The van der Waals surface area contributed by atoms with Crippen LogP contribution in [0.25, 0.3) is 0 Å². The third kappa shape index (κ3) is 2.19. The smallest absolute Gasteiger partial charge is 0.246 e. The van der Waals surface area contributed by atoms with Crippen LogP contribution < -0.4 is 5.32 Å². The Bertz CT molecular complexity index is 276. The average Bonchev–Trinajstić information content (AvgIpc) is 2.23. The lowest BCUT2D eigenvalue weighted by molar-refractivity contribution is -0.148. The van der Waals surface area contributed by atoms with Crippen molar-refractivity contribution in [1.82, 2.24) is 10.2 Å². The topological polar surface area (TPSA) is 49.4 Å². The van der Waals surface area contributed by atoms with Gasteiger partial charge in [-0.3, -0.25) is 9.59 Å². The molecule has 1 saturated heterocycles. The summed E-state index contributed by atoms with van der Waals surface area (Å²) in [6.07, 6.45) is 2.93. The maximum Gasteiger partial charge on any atom is 0.246 e. The number of hydrogen-bond acceptors (Lipinski definition) is 2. The lowest BCUT2D eigenvalue weighted by atomic mass is 10.0. The SMILES string of the molecule is C=CCN1C(=O)C(CC)NC(=O)C1CC. The normalized spacial score (nSPS) is 26.4. The summed E-state index contributed by atoms with van der Waals surface area (Å²) in [5.74, 6) is -0.0466. The molecule has 2 atom stereocenters. The second-order valence-corrected chi connectivity index (χ2v) is 3.67. The number of piperazine rings is 1. The number of nitrogens with zero attached hydrogens (tertiary/aromatic N) is 1. The van der Waals surface area contributed by atoms with Crippen molar-refractivity contribution in [1.29, 1.82) is 0 Å². The van der Waals surface area contributed by atoms with Crippen LogP contribution in [0, 0.1) is 0 Å². The van der Waals surface area contributed by atoms with Gasteiger partial charge in [0, 0.05) is 6.54 Å². The van der Waals surface area contributed by atoms with E-state index in [-0.39, 0.29) is 23.9 Å². The van der Waals surface area contributed by atoms with Gasteiger partial charge in [0.05, 0.1) is 0 Å². The van der Waals surface area contributed by atoms with Crippen molar-refractivity contribution >= 4 is 11.8 Å². The Kier molecular flexibility index (Phi) is 3.88. The summed E-state index contributed by atoms with van der Waals surface area (Å²) >= 11 is 0. The fourth-order valence-electron chi connectivity index (χ4n) is 1.86. The third-order valence-corrected chi connectivity index (χ3v) is 2.70. The molecule has 4 heteroatoms. The zero-order valence-corrected chi connectivity index (χ0v) is 9.32. The molecule has 0 aromatic carbocycles. The number of amides is 2. The lowest BCUT2D eigenvalue weighted by Gasteiger charge is -2.37. The zero-order chi connectivity index (χ0) is 11.4. The molecule has 2 unspecified atom stereocenters. The summed E-state index contributed by atoms with van der Waals surface area (Å²) in [6.45, 7) is 7.85. The molecule has 0 aliphatic carbocycles. The van der Waals surface area contributed by atoms with E-state index in [2.05, 4.69) is 11.9 Å². The first-order valence-electron chi connectivity index (χ1n) is 5.37. The molecule has 2 amide bonds. The van der Waals surface area contributed by atoms with Crippen molar-refractivity contribution < 1.29 is 9.59 Å². The molecule has 1 fully saturated rings. The van der Waals surface area contributed by atoms with Crippen molar-refractivity contribution in [2.45, 2.75) is 38.8 Å². The van der Waals surface area contributed by atoms with Gasteiger partial charge >= 0.3 is 0 Å². The maximum absolute atomic E-state index is 11.9. The molecule has 84 valence electrons. The van der Waals surface area contributed by atoms with E-state index in [0.29, 0.717) is 19.4 Å². The van der Waals surface area contributed by atoms with E-state index in [1.54, 1.807) is 11.0 Å². The van der Waals surface area contributed by atoms with E-state index < -0.39 is 0 Å². The molecule has 4 nitrogen and oxygen atoms in total. The predicted molar refractivity (Wildman–Crippen MR) is 58.2 cm³/mol. The predicted octanol–water partition coefficient (Wildman–Crippen LogP) is 0.688. The monoisotopic (exact) mass is 210 g/mol. The molecule has 0 aromatic heterocycles. The summed E-state index contributed by atoms with van der Waals surface area (Å²) in [6, 6.07) is -0.696. The molecule has 0 radical (unpaired) electrons. The Hall–Kier alpha value is -1.32.